The lowest BCUT2D eigenvalue weighted by Crippen LogP contribution is -2.30. The molecule has 2 fully saturated rings. The van der Waals surface area contributed by atoms with Gasteiger partial charge in [0.05, 0.1) is 36.0 Å². The molecule has 2 aliphatic heterocycles. The number of ether oxygens (including phenoxy) is 1. The van der Waals surface area contributed by atoms with Crippen LogP contribution >= 0.6 is 32.1 Å². The molecule has 5 rings (SSSR count). The summed E-state index contributed by atoms with van der Waals surface area (Å²) in [6.45, 7) is 3.03. The predicted octanol–water partition coefficient (Wildman–Crippen LogP) is 5.68. The lowest BCUT2D eigenvalue weighted by molar-refractivity contribution is -0.112. The van der Waals surface area contributed by atoms with E-state index in [1.54, 1.807) is 7.11 Å². The van der Waals surface area contributed by atoms with Crippen molar-refractivity contribution in [3.63, 3.8) is 0 Å². The van der Waals surface area contributed by atoms with Gasteiger partial charge in [-0.1, -0.05) is 12.5 Å². The first-order valence-corrected chi connectivity index (χ1v) is 15.1. The Morgan fingerprint density at radius 3 is 2.92 bits per heavy atom. The van der Waals surface area contributed by atoms with Crippen LogP contribution in [0.5, 0.6) is 5.75 Å². The maximum Gasteiger partial charge on any atom is 0.144 e. The summed E-state index contributed by atoms with van der Waals surface area (Å²) >= 11 is 2.38. The van der Waals surface area contributed by atoms with Crippen LogP contribution in [0.1, 0.15) is 79.4 Å². The van der Waals surface area contributed by atoms with Crippen molar-refractivity contribution in [3.05, 3.63) is 46.9 Å². The molecule has 0 aromatic carbocycles. The van der Waals surface area contributed by atoms with Crippen molar-refractivity contribution in [2.45, 2.75) is 75.4 Å². The first-order chi connectivity index (χ1) is 17.6. The molecule has 1 saturated carbocycles. The van der Waals surface area contributed by atoms with E-state index in [9.17, 15) is 4.79 Å². The number of hydrogen-bond donors (Lipinski definition) is 0. The summed E-state index contributed by atoms with van der Waals surface area (Å²) in [4.78, 5) is 24.2. The van der Waals surface area contributed by atoms with Crippen molar-refractivity contribution < 1.29 is 9.53 Å². The third-order valence-corrected chi connectivity index (χ3v) is 9.92. The van der Waals surface area contributed by atoms with E-state index in [0.717, 1.165) is 86.5 Å². The molecule has 194 valence electrons. The van der Waals surface area contributed by atoms with Crippen LogP contribution in [0.2, 0.25) is 0 Å². The molecule has 4 heterocycles. The lowest BCUT2D eigenvalue weighted by atomic mass is 9.98. The average Bonchev–Trinajstić information content (AvgIpc) is 3.64. The number of anilines is 1. The molecule has 0 spiro atoms. The zero-order chi connectivity index (χ0) is 25.1. The van der Waals surface area contributed by atoms with Gasteiger partial charge in [-0.15, -0.1) is 9.24 Å². The number of unbranched alkanes of at least 4 members (excludes halogenated alkanes) is 1. The molecule has 1 aliphatic carbocycles. The minimum absolute atomic E-state index is 0.154. The number of aromatic nitrogens is 2. The highest BCUT2D eigenvalue weighted by molar-refractivity contribution is 14.1. The molecule has 8 heteroatoms. The molecule has 6 nitrogen and oxygen atoms in total. The first kappa shape index (κ1) is 26.3. The molecular formula is C28H38IN4O2P. The quantitative estimate of drug-likeness (QED) is 0.106. The summed E-state index contributed by atoms with van der Waals surface area (Å²) in [6.07, 6.45) is 13.3. The molecule has 1 saturated heterocycles. The zero-order valence-electron chi connectivity index (χ0n) is 21.2. The number of hydrogen-bond acceptors (Lipinski definition) is 6. The van der Waals surface area contributed by atoms with E-state index >= 15 is 0 Å². The highest BCUT2D eigenvalue weighted by Gasteiger charge is 2.35. The normalized spacial score (nSPS) is 21.8. The fourth-order valence-corrected chi connectivity index (χ4v) is 7.19. The first-order valence-electron chi connectivity index (χ1n) is 13.5. The van der Waals surface area contributed by atoms with Crippen molar-refractivity contribution in [1.82, 2.24) is 14.9 Å². The van der Waals surface area contributed by atoms with E-state index in [1.807, 2.05) is 12.3 Å². The number of nitrogens with zero attached hydrogens (tertiary/aromatic N) is 4. The van der Waals surface area contributed by atoms with E-state index < -0.39 is 0 Å². The number of rotatable bonds is 11. The Labute approximate surface area is 231 Å². The topological polar surface area (TPSA) is 58.6 Å². The number of fused-ring (bicyclic) bond motifs is 1. The van der Waals surface area contributed by atoms with Crippen LogP contribution in [0.3, 0.4) is 0 Å². The molecule has 4 atom stereocenters. The third-order valence-electron chi connectivity index (χ3n) is 8.10. The second kappa shape index (κ2) is 12.0. The average molecular weight is 621 g/mol. The number of aryl methyl sites for hydroxylation is 1. The van der Waals surface area contributed by atoms with E-state index in [4.69, 9.17) is 9.72 Å². The van der Waals surface area contributed by atoms with Gasteiger partial charge in [-0.25, -0.2) is 4.98 Å². The van der Waals surface area contributed by atoms with Crippen LogP contribution < -0.4 is 7.85 Å². The standard InChI is InChI=1S/C28H38IN4O2P/c1-35-25-16-21(31-28-23(25)8-5-14-33(28)29)6-2-3-9-26(36)20-12-15-32(17-20)24(18-34)22-7-4-13-30-27(22)19-10-11-19/h4,7,13,16,18-20,24,26H,2-3,5-6,8-12,14-15,17,36H2,1H3/t20?,24-,26?/m1/s1. The van der Waals surface area contributed by atoms with Crippen LogP contribution in [0.4, 0.5) is 5.82 Å². The number of carbonyl (C=O) groups is 1. The van der Waals surface area contributed by atoms with Gasteiger partial charge in [0.1, 0.15) is 17.9 Å². The minimum atomic E-state index is -0.154. The van der Waals surface area contributed by atoms with Crippen molar-refractivity contribution in [1.29, 1.82) is 0 Å². The Morgan fingerprint density at radius 1 is 1.28 bits per heavy atom. The Hall–Kier alpha value is -1.31. The van der Waals surface area contributed by atoms with Gasteiger partial charge in [0.15, 0.2) is 0 Å². The molecule has 0 radical (unpaired) electrons. The number of pyridine rings is 2. The van der Waals surface area contributed by atoms with Gasteiger partial charge in [-0.2, -0.15) is 0 Å². The second-order valence-corrected chi connectivity index (χ2v) is 12.6. The SMILES string of the molecule is COc1cc(CCCCC(P)C2CCN([C@H](C=O)c3cccnc3C3CC3)C2)nc2c1CCCN2I. The van der Waals surface area contributed by atoms with Gasteiger partial charge in [0.2, 0.25) is 0 Å². The van der Waals surface area contributed by atoms with Crippen molar-refractivity contribution in [2.24, 2.45) is 5.92 Å². The lowest BCUT2D eigenvalue weighted by Gasteiger charge is -2.26. The third kappa shape index (κ3) is 5.88. The fraction of sp³-hybridized carbons (Fsp3) is 0.607. The molecule has 2 aromatic heterocycles. The van der Waals surface area contributed by atoms with Gasteiger partial charge in [0.25, 0.3) is 0 Å². The number of aldehydes is 1. The van der Waals surface area contributed by atoms with Crippen molar-refractivity contribution in [2.75, 3.05) is 29.9 Å². The second-order valence-electron chi connectivity index (χ2n) is 10.6. The Morgan fingerprint density at radius 2 is 2.14 bits per heavy atom. The van der Waals surface area contributed by atoms with Crippen LogP contribution in [0.25, 0.3) is 0 Å². The van der Waals surface area contributed by atoms with Gasteiger partial charge in [-0.05, 0) is 81.1 Å². The highest BCUT2D eigenvalue weighted by Crippen LogP contribution is 2.43. The van der Waals surface area contributed by atoms with Gasteiger partial charge < -0.3 is 9.53 Å². The summed E-state index contributed by atoms with van der Waals surface area (Å²) in [5, 5.41) is 0. The number of likely N-dealkylation sites (tertiary alicyclic amines) is 1. The summed E-state index contributed by atoms with van der Waals surface area (Å²) in [5.41, 5.74) is 5.25. The Kier molecular flexibility index (Phi) is 8.79. The Balaban J connectivity index is 1.12. The molecule has 2 aromatic rings. The largest absolute Gasteiger partial charge is 0.496 e. The molecule has 0 amide bonds. The zero-order valence-corrected chi connectivity index (χ0v) is 24.6. The van der Waals surface area contributed by atoms with Crippen molar-refractivity contribution in [3.8, 4) is 5.75 Å². The Bertz CT molecular complexity index is 1070. The molecule has 3 aliphatic rings. The van der Waals surface area contributed by atoms with Crippen LogP contribution in [-0.2, 0) is 17.6 Å². The minimum Gasteiger partial charge on any atom is -0.496 e. The summed E-state index contributed by atoms with van der Waals surface area (Å²) in [7, 11) is 4.88. The van der Waals surface area contributed by atoms with Crippen molar-refractivity contribution >= 4 is 44.2 Å². The predicted molar refractivity (Wildman–Crippen MR) is 156 cm³/mol. The highest BCUT2D eigenvalue weighted by atomic mass is 127. The van der Waals surface area contributed by atoms with Crippen LogP contribution in [0, 0.1) is 5.92 Å². The monoisotopic (exact) mass is 620 g/mol. The number of methoxy groups -OCH3 is 1. The molecule has 0 bridgehead atoms. The van der Waals surface area contributed by atoms with E-state index in [-0.39, 0.29) is 6.04 Å². The van der Waals surface area contributed by atoms with Gasteiger partial charge >= 0.3 is 0 Å². The molecule has 3 unspecified atom stereocenters. The fourth-order valence-electron chi connectivity index (χ4n) is 5.90. The van der Waals surface area contributed by atoms with Crippen LogP contribution in [-0.4, -0.2) is 53.6 Å². The maximum absolute atomic E-state index is 12.2. The number of halogens is 1. The van der Waals surface area contributed by atoms with Gasteiger partial charge in [0, 0.05) is 48.2 Å². The maximum atomic E-state index is 12.2. The summed E-state index contributed by atoms with van der Waals surface area (Å²) in [6, 6.07) is 6.09. The van der Waals surface area contributed by atoms with Crippen LogP contribution in [0.15, 0.2) is 24.4 Å². The number of carbonyl (C=O) groups excluding carboxylic acids is 1. The summed E-state index contributed by atoms with van der Waals surface area (Å²) < 4.78 is 7.94. The summed E-state index contributed by atoms with van der Waals surface area (Å²) in [5.74, 6) is 3.26. The van der Waals surface area contributed by atoms with E-state index in [1.165, 1.54) is 31.2 Å². The molecule has 36 heavy (non-hydrogen) atoms. The smallest absolute Gasteiger partial charge is 0.144 e. The van der Waals surface area contributed by atoms with E-state index in [0.29, 0.717) is 17.5 Å². The van der Waals surface area contributed by atoms with E-state index in [2.05, 4.69) is 57.2 Å². The molecular weight excluding hydrogens is 582 g/mol. The van der Waals surface area contributed by atoms with Gasteiger partial charge in [-0.3, -0.25) is 13.0 Å². The molecule has 0 N–H and O–H groups in total.